The van der Waals surface area contributed by atoms with Gasteiger partial charge in [0.1, 0.15) is 5.54 Å². The minimum absolute atomic E-state index is 0.00767. The number of nitrogens with zero attached hydrogens (tertiary/aromatic N) is 2. The minimum atomic E-state index is -0.977. The summed E-state index contributed by atoms with van der Waals surface area (Å²) in [5.41, 5.74) is -0.280. The molecular weight excluding hydrogens is 398 g/mol. The van der Waals surface area contributed by atoms with Crippen LogP contribution in [0, 0.1) is 11.8 Å². The number of amides is 4. The lowest BCUT2D eigenvalue weighted by Crippen LogP contribution is -2.54. The van der Waals surface area contributed by atoms with Crippen LogP contribution in [0.15, 0.2) is 18.2 Å². The summed E-state index contributed by atoms with van der Waals surface area (Å²) in [6.45, 7) is 7.07. The van der Waals surface area contributed by atoms with E-state index in [1.807, 2.05) is 24.8 Å². The highest BCUT2D eigenvalue weighted by molar-refractivity contribution is 6.07. The van der Waals surface area contributed by atoms with Crippen molar-refractivity contribution in [3.8, 4) is 11.5 Å². The Balaban J connectivity index is 1.72. The summed E-state index contributed by atoms with van der Waals surface area (Å²) in [5.74, 6) is 0.966. The highest BCUT2D eigenvalue weighted by atomic mass is 16.5. The van der Waals surface area contributed by atoms with Crippen molar-refractivity contribution < 1.29 is 23.9 Å². The zero-order chi connectivity index (χ0) is 22.8. The molecule has 1 aromatic carbocycles. The average molecular weight is 432 g/mol. The largest absolute Gasteiger partial charge is 0.493 e. The summed E-state index contributed by atoms with van der Waals surface area (Å²) in [7, 11) is 3.08. The maximum absolute atomic E-state index is 13.4. The lowest BCUT2D eigenvalue weighted by atomic mass is 9.78. The molecule has 8 nitrogen and oxygen atoms in total. The van der Waals surface area contributed by atoms with E-state index in [0.29, 0.717) is 43.0 Å². The van der Waals surface area contributed by atoms with Crippen LogP contribution >= 0.6 is 0 Å². The van der Waals surface area contributed by atoms with Crippen LogP contribution in [-0.4, -0.2) is 60.5 Å². The Hall–Kier alpha value is -2.77. The van der Waals surface area contributed by atoms with Crippen LogP contribution in [0.25, 0.3) is 0 Å². The number of benzene rings is 1. The van der Waals surface area contributed by atoms with Crippen LogP contribution in [0.4, 0.5) is 4.79 Å². The Morgan fingerprint density at radius 3 is 2.48 bits per heavy atom. The van der Waals surface area contributed by atoms with Crippen LogP contribution < -0.4 is 14.8 Å². The maximum Gasteiger partial charge on any atom is 0.325 e. The number of rotatable bonds is 7. The topological polar surface area (TPSA) is 88.2 Å². The molecule has 8 heteroatoms. The Morgan fingerprint density at radius 1 is 1.23 bits per heavy atom. The molecule has 0 aliphatic carbocycles. The summed E-state index contributed by atoms with van der Waals surface area (Å²) in [5, 5.41) is 2.93. The fourth-order valence-electron chi connectivity index (χ4n) is 4.55. The number of hydrogen-bond acceptors (Lipinski definition) is 5. The molecule has 0 aromatic heterocycles. The molecule has 3 rings (SSSR count). The van der Waals surface area contributed by atoms with E-state index < -0.39 is 11.6 Å². The second kappa shape index (κ2) is 9.16. The van der Waals surface area contributed by atoms with E-state index in [-0.39, 0.29) is 30.2 Å². The van der Waals surface area contributed by atoms with E-state index in [0.717, 1.165) is 6.42 Å². The van der Waals surface area contributed by atoms with Gasteiger partial charge in [-0.2, -0.15) is 0 Å². The van der Waals surface area contributed by atoms with Crippen molar-refractivity contribution in [2.75, 3.05) is 27.3 Å². The van der Waals surface area contributed by atoms with Gasteiger partial charge in [-0.3, -0.25) is 14.5 Å². The van der Waals surface area contributed by atoms with Crippen molar-refractivity contribution in [2.24, 2.45) is 11.8 Å². The van der Waals surface area contributed by atoms with E-state index in [2.05, 4.69) is 5.32 Å². The summed E-state index contributed by atoms with van der Waals surface area (Å²) in [6, 6.07) is 4.98. The first-order chi connectivity index (χ1) is 14.8. The van der Waals surface area contributed by atoms with Gasteiger partial charge >= 0.3 is 6.03 Å². The van der Waals surface area contributed by atoms with E-state index in [1.54, 1.807) is 26.2 Å². The number of carbonyl (C=O) groups is 3. The molecule has 1 aromatic rings. The van der Waals surface area contributed by atoms with Gasteiger partial charge < -0.3 is 19.7 Å². The fraction of sp³-hybridized carbons (Fsp3) is 0.609. The molecular formula is C23H33N3O5. The van der Waals surface area contributed by atoms with Crippen LogP contribution in [0.1, 0.15) is 45.6 Å². The summed E-state index contributed by atoms with van der Waals surface area (Å²) >= 11 is 0. The lowest BCUT2D eigenvalue weighted by molar-refractivity contribution is -0.138. The molecule has 2 aliphatic rings. The predicted octanol–water partition coefficient (Wildman–Crippen LogP) is 2.80. The number of methoxy groups -OCH3 is 2. The number of piperidine rings is 1. The molecule has 0 bridgehead atoms. The molecule has 0 saturated carbocycles. The Bertz CT molecular complexity index is 850. The van der Waals surface area contributed by atoms with Gasteiger partial charge in [0.05, 0.1) is 20.8 Å². The van der Waals surface area contributed by atoms with Gasteiger partial charge in [0, 0.05) is 24.6 Å². The quantitative estimate of drug-likeness (QED) is 0.671. The Morgan fingerprint density at radius 2 is 1.90 bits per heavy atom. The van der Waals surface area contributed by atoms with E-state index in [9.17, 15) is 14.4 Å². The SMILES string of the molecule is CCC(C)C(=O)N1CCC(C2(C)NC(=O)N(Cc3cccc(OC)c3OC)C2=O)CC1. The van der Waals surface area contributed by atoms with Crippen molar-refractivity contribution in [2.45, 2.75) is 52.1 Å². The number of urea groups is 1. The van der Waals surface area contributed by atoms with Crippen LogP contribution in [0.3, 0.4) is 0 Å². The molecule has 2 fully saturated rings. The molecule has 31 heavy (non-hydrogen) atoms. The number of para-hydroxylation sites is 1. The van der Waals surface area contributed by atoms with E-state index in [1.165, 1.54) is 12.0 Å². The molecule has 0 spiro atoms. The molecule has 0 radical (unpaired) electrons. The van der Waals surface area contributed by atoms with Gasteiger partial charge in [0.15, 0.2) is 11.5 Å². The van der Waals surface area contributed by atoms with E-state index >= 15 is 0 Å². The number of likely N-dealkylation sites (tertiary alicyclic amines) is 1. The van der Waals surface area contributed by atoms with Gasteiger partial charge in [-0.15, -0.1) is 0 Å². The van der Waals surface area contributed by atoms with Gasteiger partial charge in [-0.1, -0.05) is 26.0 Å². The molecule has 1 N–H and O–H groups in total. The van der Waals surface area contributed by atoms with Gasteiger partial charge in [0.2, 0.25) is 5.91 Å². The van der Waals surface area contributed by atoms with Gasteiger partial charge in [0.25, 0.3) is 5.91 Å². The zero-order valence-electron chi connectivity index (χ0n) is 19.1. The van der Waals surface area contributed by atoms with Gasteiger partial charge in [-0.25, -0.2) is 4.79 Å². The number of ether oxygens (including phenoxy) is 2. The van der Waals surface area contributed by atoms with Crippen molar-refractivity contribution in [3.63, 3.8) is 0 Å². The number of hydrogen-bond donors (Lipinski definition) is 1. The fourth-order valence-corrected chi connectivity index (χ4v) is 4.55. The van der Waals surface area contributed by atoms with Crippen LogP contribution in [-0.2, 0) is 16.1 Å². The van der Waals surface area contributed by atoms with Crippen molar-refractivity contribution in [1.82, 2.24) is 15.1 Å². The first-order valence-corrected chi connectivity index (χ1v) is 10.9. The number of carbonyl (C=O) groups excluding carboxylic acids is 3. The lowest BCUT2D eigenvalue weighted by Gasteiger charge is -2.39. The molecule has 2 saturated heterocycles. The number of imide groups is 1. The van der Waals surface area contributed by atoms with Crippen molar-refractivity contribution in [1.29, 1.82) is 0 Å². The first kappa shape index (κ1) is 22.9. The third kappa shape index (κ3) is 4.20. The maximum atomic E-state index is 13.4. The van der Waals surface area contributed by atoms with Crippen molar-refractivity contribution in [3.05, 3.63) is 23.8 Å². The molecule has 2 heterocycles. The smallest absolute Gasteiger partial charge is 0.325 e. The highest BCUT2D eigenvalue weighted by Crippen LogP contribution is 2.36. The van der Waals surface area contributed by atoms with E-state index in [4.69, 9.17) is 9.47 Å². The predicted molar refractivity (Wildman–Crippen MR) is 116 cm³/mol. The molecule has 2 aliphatic heterocycles. The Labute approximate surface area is 183 Å². The average Bonchev–Trinajstić information content (AvgIpc) is 3.01. The van der Waals surface area contributed by atoms with Crippen LogP contribution in [0.2, 0.25) is 0 Å². The second-order valence-electron chi connectivity index (χ2n) is 8.59. The van der Waals surface area contributed by atoms with Crippen molar-refractivity contribution >= 4 is 17.8 Å². The number of nitrogens with one attached hydrogen (secondary N) is 1. The molecule has 2 unspecified atom stereocenters. The third-order valence-corrected chi connectivity index (χ3v) is 6.77. The molecule has 4 amide bonds. The highest BCUT2D eigenvalue weighted by Gasteiger charge is 2.53. The second-order valence-corrected chi connectivity index (χ2v) is 8.59. The standard InChI is InChI=1S/C23H33N3O5/c1-6-15(2)20(27)25-12-10-17(11-13-25)23(3)21(28)26(22(29)24-23)14-16-8-7-9-18(30-4)19(16)31-5/h7-9,15,17H,6,10-14H2,1-5H3,(H,24,29). The Kier molecular flexibility index (Phi) is 6.77. The van der Waals surface area contributed by atoms with Gasteiger partial charge in [-0.05, 0) is 38.2 Å². The van der Waals surface area contributed by atoms with Crippen LogP contribution in [0.5, 0.6) is 11.5 Å². The zero-order valence-corrected chi connectivity index (χ0v) is 19.1. The molecule has 2 atom stereocenters. The first-order valence-electron chi connectivity index (χ1n) is 10.9. The monoisotopic (exact) mass is 431 g/mol. The molecule has 170 valence electrons. The minimum Gasteiger partial charge on any atom is -0.493 e. The normalized spacial score (nSPS) is 23.0. The summed E-state index contributed by atoms with van der Waals surface area (Å²) < 4.78 is 10.8. The summed E-state index contributed by atoms with van der Waals surface area (Å²) in [4.78, 5) is 41.7. The third-order valence-electron chi connectivity index (χ3n) is 6.77. The summed E-state index contributed by atoms with van der Waals surface area (Å²) in [6.07, 6.45) is 2.18.